The summed E-state index contributed by atoms with van der Waals surface area (Å²) in [4.78, 5) is 12.2. The van der Waals surface area contributed by atoms with Gasteiger partial charge in [-0.3, -0.25) is 4.79 Å². The number of carbonyl (C=O) groups is 1. The molecule has 148 valence electrons. The van der Waals surface area contributed by atoms with Crippen molar-refractivity contribution in [3.05, 3.63) is 59.7 Å². The molecule has 2 rings (SSSR count). The molecule has 0 aliphatic rings. The van der Waals surface area contributed by atoms with Crippen molar-refractivity contribution >= 4 is 33.8 Å². The zero-order valence-corrected chi connectivity index (χ0v) is 17.0. The number of hydrogen-bond donors (Lipinski definition) is 2. The van der Waals surface area contributed by atoms with Gasteiger partial charge < -0.3 is 15.8 Å². The SMILES string of the molecule is COc1ccc(NC(=O)C(N)CCS(C)(=O)=O)cc1Cc1ccccc1.Cl. The highest BCUT2D eigenvalue weighted by molar-refractivity contribution is 7.90. The Morgan fingerprint density at radius 3 is 2.44 bits per heavy atom. The van der Waals surface area contributed by atoms with Crippen LogP contribution in [0.1, 0.15) is 17.5 Å². The first-order chi connectivity index (χ1) is 12.3. The van der Waals surface area contributed by atoms with Gasteiger partial charge in [-0.05, 0) is 30.2 Å². The van der Waals surface area contributed by atoms with Crippen LogP contribution in [-0.4, -0.2) is 39.5 Å². The number of rotatable bonds is 8. The summed E-state index contributed by atoms with van der Waals surface area (Å²) in [7, 11) is -1.55. The summed E-state index contributed by atoms with van der Waals surface area (Å²) in [5, 5.41) is 2.74. The second-order valence-electron chi connectivity index (χ2n) is 6.20. The molecular weight excluding hydrogens is 388 g/mol. The predicted octanol–water partition coefficient (Wildman–Crippen LogP) is 2.41. The third-order valence-electron chi connectivity index (χ3n) is 3.92. The fraction of sp³-hybridized carbons (Fsp3) is 0.316. The minimum Gasteiger partial charge on any atom is -0.496 e. The maximum Gasteiger partial charge on any atom is 0.241 e. The molecule has 3 N–H and O–H groups in total. The van der Waals surface area contributed by atoms with E-state index in [1.807, 2.05) is 36.4 Å². The van der Waals surface area contributed by atoms with E-state index in [9.17, 15) is 13.2 Å². The molecule has 0 aliphatic heterocycles. The highest BCUT2D eigenvalue weighted by Crippen LogP contribution is 2.25. The van der Waals surface area contributed by atoms with Crippen LogP contribution in [0.5, 0.6) is 5.75 Å². The number of sulfone groups is 1. The van der Waals surface area contributed by atoms with Gasteiger partial charge in [0.1, 0.15) is 15.6 Å². The number of hydrogen-bond acceptors (Lipinski definition) is 5. The molecule has 0 radical (unpaired) electrons. The molecule has 2 aromatic carbocycles. The monoisotopic (exact) mass is 412 g/mol. The lowest BCUT2D eigenvalue weighted by Crippen LogP contribution is -2.37. The second kappa shape index (κ2) is 10.3. The van der Waals surface area contributed by atoms with E-state index in [1.165, 1.54) is 0 Å². The van der Waals surface area contributed by atoms with E-state index in [0.29, 0.717) is 12.1 Å². The van der Waals surface area contributed by atoms with Crippen LogP contribution >= 0.6 is 12.4 Å². The molecule has 0 aliphatic carbocycles. The fourth-order valence-electron chi connectivity index (χ4n) is 2.52. The molecule has 0 fully saturated rings. The van der Waals surface area contributed by atoms with Crippen molar-refractivity contribution in [2.45, 2.75) is 18.9 Å². The number of amides is 1. The summed E-state index contributed by atoms with van der Waals surface area (Å²) in [6, 6.07) is 14.4. The molecule has 1 atom stereocenters. The van der Waals surface area contributed by atoms with Gasteiger partial charge in [-0.15, -0.1) is 12.4 Å². The summed E-state index contributed by atoms with van der Waals surface area (Å²) < 4.78 is 27.8. The Hall–Kier alpha value is -2.09. The Morgan fingerprint density at radius 1 is 1.19 bits per heavy atom. The van der Waals surface area contributed by atoms with E-state index >= 15 is 0 Å². The molecule has 0 spiro atoms. The average molecular weight is 413 g/mol. The average Bonchev–Trinajstić information content (AvgIpc) is 2.60. The van der Waals surface area contributed by atoms with Gasteiger partial charge in [0.15, 0.2) is 0 Å². The van der Waals surface area contributed by atoms with Crippen molar-refractivity contribution in [3.8, 4) is 5.75 Å². The number of nitrogens with two attached hydrogens (primary N) is 1. The van der Waals surface area contributed by atoms with Gasteiger partial charge in [0, 0.05) is 23.9 Å². The van der Waals surface area contributed by atoms with E-state index in [0.717, 1.165) is 23.1 Å². The van der Waals surface area contributed by atoms with Crippen molar-refractivity contribution in [2.24, 2.45) is 5.73 Å². The van der Waals surface area contributed by atoms with E-state index in [-0.39, 0.29) is 24.6 Å². The summed E-state index contributed by atoms with van der Waals surface area (Å²) >= 11 is 0. The van der Waals surface area contributed by atoms with E-state index in [4.69, 9.17) is 10.5 Å². The molecule has 0 bridgehead atoms. The van der Waals surface area contributed by atoms with Crippen LogP contribution in [0.3, 0.4) is 0 Å². The fourth-order valence-corrected chi connectivity index (χ4v) is 3.20. The van der Waals surface area contributed by atoms with Crippen LogP contribution in [0, 0.1) is 0 Å². The van der Waals surface area contributed by atoms with Crippen molar-refractivity contribution in [3.63, 3.8) is 0 Å². The predicted molar refractivity (Wildman–Crippen MR) is 110 cm³/mol. The lowest BCUT2D eigenvalue weighted by atomic mass is 10.0. The summed E-state index contributed by atoms with van der Waals surface area (Å²) in [5.74, 6) is 0.196. The van der Waals surface area contributed by atoms with Gasteiger partial charge in [-0.2, -0.15) is 0 Å². The summed E-state index contributed by atoms with van der Waals surface area (Å²) in [6.07, 6.45) is 1.86. The topological polar surface area (TPSA) is 98.5 Å². The third kappa shape index (κ3) is 7.58. The van der Waals surface area contributed by atoms with E-state index in [1.54, 1.807) is 19.2 Å². The quantitative estimate of drug-likeness (QED) is 0.693. The van der Waals surface area contributed by atoms with Crippen LogP contribution < -0.4 is 15.8 Å². The molecule has 0 aromatic heterocycles. The van der Waals surface area contributed by atoms with Crippen LogP contribution in [0.4, 0.5) is 5.69 Å². The van der Waals surface area contributed by atoms with Gasteiger partial charge >= 0.3 is 0 Å². The van der Waals surface area contributed by atoms with Crippen LogP contribution in [0.15, 0.2) is 48.5 Å². The number of halogens is 1. The summed E-state index contributed by atoms with van der Waals surface area (Å²) in [5.41, 5.74) is 8.44. The Balaban J connectivity index is 0.00000364. The highest BCUT2D eigenvalue weighted by Gasteiger charge is 2.17. The minimum atomic E-state index is -3.15. The summed E-state index contributed by atoms with van der Waals surface area (Å²) in [6.45, 7) is 0. The van der Waals surface area contributed by atoms with Gasteiger partial charge in [0.05, 0.1) is 18.9 Å². The molecule has 0 saturated carbocycles. The van der Waals surface area contributed by atoms with Crippen LogP contribution in [0.25, 0.3) is 0 Å². The van der Waals surface area contributed by atoms with E-state index in [2.05, 4.69) is 5.32 Å². The first-order valence-corrected chi connectivity index (χ1v) is 10.3. The zero-order valence-electron chi connectivity index (χ0n) is 15.3. The van der Waals surface area contributed by atoms with Crippen molar-refractivity contribution < 1.29 is 17.9 Å². The Morgan fingerprint density at radius 2 is 1.85 bits per heavy atom. The first kappa shape index (κ1) is 23.0. The second-order valence-corrected chi connectivity index (χ2v) is 8.46. The number of anilines is 1. The van der Waals surface area contributed by atoms with Crippen molar-refractivity contribution in [1.29, 1.82) is 0 Å². The number of benzene rings is 2. The van der Waals surface area contributed by atoms with Crippen LogP contribution in [0.2, 0.25) is 0 Å². The Bertz CT molecular complexity index is 857. The van der Waals surface area contributed by atoms with Gasteiger partial charge in [0.2, 0.25) is 5.91 Å². The number of carbonyl (C=O) groups excluding carboxylic acids is 1. The Labute approximate surface area is 166 Å². The van der Waals surface area contributed by atoms with Gasteiger partial charge in [-0.25, -0.2) is 8.42 Å². The largest absolute Gasteiger partial charge is 0.496 e. The third-order valence-corrected chi connectivity index (χ3v) is 4.90. The van der Waals surface area contributed by atoms with Gasteiger partial charge in [-0.1, -0.05) is 30.3 Å². The molecule has 1 unspecified atom stereocenters. The van der Waals surface area contributed by atoms with Crippen molar-refractivity contribution in [1.82, 2.24) is 0 Å². The highest BCUT2D eigenvalue weighted by atomic mass is 35.5. The normalized spacial score (nSPS) is 12.0. The smallest absolute Gasteiger partial charge is 0.241 e. The van der Waals surface area contributed by atoms with Crippen LogP contribution in [-0.2, 0) is 21.1 Å². The number of methoxy groups -OCH3 is 1. The Kier molecular flexibility index (Phi) is 8.75. The first-order valence-electron chi connectivity index (χ1n) is 8.23. The maximum absolute atomic E-state index is 12.2. The lowest BCUT2D eigenvalue weighted by molar-refractivity contribution is -0.117. The molecule has 1 amide bonds. The molecule has 2 aromatic rings. The molecule has 0 heterocycles. The van der Waals surface area contributed by atoms with Crippen molar-refractivity contribution in [2.75, 3.05) is 24.4 Å². The maximum atomic E-state index is 12.2. The zero-order chi connectivity index (χ0) is 19.2. The number of ether oxygens (including phenoxy) is 1. The molecule has 27 heavy (non-hydrogen) atoms. The van der Waals surface area contributed by atoms with E-state index < -0.39 is 21.8 Å². The minimum absolute atomic E-state index is 0. The van der Waals surface area contributed by atoms with Gasteiger partial charge in [0.25, 0.3) is 0 Å². The lowest BCUT2D eigenvalue weighted by Gasteiger charge is -2.14. The molecule has 0 saturated heterocycles. The standard InChI is InChI=1S/C19H24N2O4S.ClH/c1-25-18-9-8-16(13-15(18)12-14-6-4-3-5-7-14)21-19(22)17(20)10-11-26(2,23)24;/h3-9,13,17H,10-12,20H2,1-2H3,(H,21,22);1H. The molecular formula is C19H25ClN2O4S. The number of nitrogens with one attached hydrogen (secondary N) is 1. The molecule has 8 heteroatoms. The molecule has 6 nitrogen and oxygen atoms in total.